The van der Waals surface area contributed by atoms with Gasteiger partial charge < -0.3 is 20.3 Å². The van der Waals surface area contributed by atoms with Crippen LogP contribution in [0.25, 0.3) is 0 Å². The highest BCUT2D eigenvalue weighted by Gasteiger charge is 2.23. The van der Waals surface area contributed by atoms with Crippen molar-refractivity contribution in [3.63, 3.8) is 0 Å². The van der Waals surface area contributed by atoms with E-state index in [1.165, 1.54) is 10.8 Å². The average molecular weight is 279 g/mol. The molecular weight excluding hydrogens is 262 g/mol. The SMILES string of the molecule is O=C(O)Cn1cccc1C(=O)NCCC(=O)NC1CC1. The highest BCUT2D eigenvalue weighted by Crippen LogP contribution is 2.18. The Bertz CT molecular complexity index is 519. The molecule has 1 aromatic heterocycles. The van der Waals surface area contributed by atoms with E-state index in [4.69, 9.17) is 5.11 Å². The Balaban J connectivity index is 1.77. The molecular formula is C13H17N3O4. The molecule has 0 saturated heterocycles. The Hall–Kier alpha value is -2.31. The number of carbonyl (C=O) groups excluding carboxylic acids is 2. The lowest BCUT2D eigenvalue weighted by molar-refractivity contribution is -0.137. The maximum Gasteiger partial charge on any atom is 0.323 e. The summed E-state index contributed by atoms with van der Waals surface area (Å²) in [6.45, 7) is -0.0342. The number of carboxylic acid groups (broad SMARTS) is 1. The predicted molar refractivity (Wildman–Crippen MR) is 70.2 cm³/mol. The number of aromatic nitrogens is 1. The summed E-state index contributed by atoms with van der Waals surface area (Å²) < 4.78 is 1.35. The van der Waals surface area contributed by atoms with Crippen LogP contribution in [-0.4, -0.2) is 40.0 Å². The van der Waals surface area contributed by atoms with Crippen LogP contribution in [0.2, 0.25) is 0 Å². The molecule has 1 fully saturated rings. The summed E-state index contributed by atoms with van der Waals surface area (Å²) in [6.07, 6.45) is 3.81. The first-order valence-electron chi connectivity index (χ1n) is 6.51. The van der Waals surface area contributed by atoms with Crippen molar-refractivity contribution in [2.24, 2.45) is 0 Å². The zero-order valence-corrected chi connectivity index (χ0v) is 11.0. The second-order valence-electron chi connectivity index (χ2n) is 4.76. The van der Waals surface area contributed by atoms with Crippen LogP contribution >= 0.6 is 0 Å². The van der Waals surface area contributed by atoms with Gasteiger partial charge in [0.2, 0.25) is 5.91 Å². The fourth-order valence-corrected chi connectivity index (χ4v) is 1.81. The molecule has 0 aliphatic heterocycles. The number of carbonyl (C=O) groups is 3. The maximum atomic E-state index is 11.9. The van der Waals surface area contributed by atoms with E-state index in [1.807, 2.05) is 0 Å². The highest BCUT2D eigenvalue weighted by atomic mass is 16.4. The van der Waals surface area contributed by atoms with Gasteiger partial charge in [-0.15, -0.1) is 0 Å². The molecule has 0 bridgehead atoms. The van der Waals surface area contributed by atoms with Crippen molar-refractivity contribution in [2.45, 2.75) is 31.8 Å². The summed E-state index contributed by atoms with van der Waals surface area (Å²) in [5, 5.41) is 14.2. The second-order valence-corrected chi connectivity index (χ2v) is 4.76. The molecule has 1 aliphatic carbocycles. The number of nitrogens with zero attached hydrogens (tertiary/aromatic N) is 1. The minimum absolute atomic E-state index is 0.0753. The van der Waals surface area contributed by atoms with E-state index >= 15 is 0 Å². The first-order valence-corrected chi connectivity index (χ1v) is 6.51. The van der Waals surface area contributed by atoms with Gasteiger partial charge in [-0.1, -0.05) is 0 Å². The molecule has 3 N–H and O–H groups in total. The van der Waals surface area contributed by atoms with E-state index in [2.05, 4.69) is 10.6 Å². The monoisotopic (exact) mass is 279 g/mol. The van der Waals surface area contributed by atoms with Crippen LogP contribution in [0.3, 0.4) is 0 Å². The van der Waals surface area contributed by atoms with E-state index in [1.54, 1.807) is 12.1 Å². The molecule has 1 heterocycles. The minimum Gasteiger partial charge on any atom is -0.480 e. The van der Waals surface area contributed by atoms with Crippen molar-refractivity contribution in [3.05, 3.63) is 24.0 Å². The summed E-state index contributed by atoms with van der Waals surface area (Å²) in [4.78, 5) is 33.9. The van der Waals surface area contributed by atoms with E-state index in [0.717, 1.165) is 12.8 Å². The third-order valence-corrected chi connectivity index (χ3v) is 2.95. The molecule has 1 saturated carbocycles. The van der Waals surface area contributed by atoms with E-state index < -0.39 is 5.97 Å². The lowest BCUT2D eigenvalue weighted by Gasteiger charge is -2.08. The van der Waals surface area contributed by atoms with Crippen LogP contribution < -0.4 is 10.6 Å². The summed E-state index contributed by atoms with van der Waals surface area (Å²) in [5.41, 5.74) is 0.273. The quantitative estimate of drug-likeness (QED) is 0.652. The molecule has 0 unspecified atom stereocenters. The summed E-state index contributed by atoms with van der Waals surface area (Å²) >= 11 is 0. The molecule has 2 rings (SSSR count). The van der Waals surface area contributed by atoms with Gasteiger partial charge in [0.15, 0.2) is 0 Å². The Labute approximate surface area is 116 Å². The molecule has 20 heavy (non-hydrogen) atoms. The molecule has 7 nitrogen and oxygen atoms in total. The van der Waals surface area contributed by atoms with Crippen LogP contribution in [0.5, 0.6) is 0 Å². The van der Waals surface area contributed by atoms with Crippen molar-refractivity contribution in [3.8, 4) is 0 Å². The van der Waals surface area contributed by atoms with Crippen molar-refractivity contribution < 1.29 is 19.5 Å². The minimum atomic E-state index is -1.01. The molecule has 2 amide bonds. The van der Waals surface area contributed by atoms with Crippen molar-refractivity contribution in [2.75, 3.05) is 6.54 Å². The molecule has 0 aromatic carbocycles. The third kappa shape index (κ3) is 4.11. The van der Waals surface area contributed by atoms with E-state index in [-0.39, 0.29) is 37.0 Å². The molecule has 7 heteroatoms. The largest absolute Gasteiger partial charge is 0.480 e. The average Bonchev–Trinajstić information content (AvgIpc) is 3.05. The number of amides is 2. The molecule has 1 aromatic rings. The molecule has 108 valence electrons. The van der Waals surface area contributed by atoms with Crippen LogP contribution in [0.15, 0.2) is 18.3 Å². The van der Waals surface area contributed by atoms with Crippen molar-refractivity contribution in [1.82, 2.24) is 15.2 Å². The topological polar surface area (TPSA) is 100 Å². The number of hydrogen-bond acceptors (Lipinski definition) is 3. The fourth-order valence-electron chi connectivity index (χ4n) is 1.81. The zero-order valence-electron chi connectivity index (χ0n) is 11.0. The molecule has 0 radical (unpaired) electrons. The second kappa shape index (κ2) is 6.23. The van der Waals surface area contributed by atoms with Gasteiger partial charge in [-0.3, -0.25) is 14.4 Å². The Morgan fingerprint density at radius 2 is 2.10 bits per heavy atom. The molecule has 1 aliphatic rings. The van der Waals surface area contributed by atoms with Gasteiger partial charge in [0.05, 0.1) is 0 Å². The third-order valence-electron chi connectivity index (χ3n) is 2.95. The summed E-state index contributed by atoms with van der Waals surface area (Å²) in [5.74, 6) is -1.47. The van der Waals surface area contributed by atoms with Gasteiger partial charge in [0.25, 0.3) is 5.91 Å². The number of rotatable bonds is 7. The van der Waals surface area contributed by atoms with E-state index in [0.29, 0.717) is 6.04 Å². The van der Waals surface area contributed by atoms with Gasteiger partial charge in [-0.2, -0.15) is 0 Å². The Kier molecular flexibility index (Phi) is 4.39. The van der Waals surface area contributed by atoms with Crippen molar-refractivity contribution in [1.29, 1.82) is 0 Å². The van der Waals surface area contributed by atoms with Crippen LogP contribution in [0.4, 0.5) is 0 Å². The van der Waals surface area contributed by atoms with Crippen molar-refractivity contribution >= 4 is 17.8 Å². The zero-order chi connectivity index (χ0) is 14.5. The summed E-state index contributed by atoms with van der Waals surface area (Å²) in [6, 6.07) is 3.46. The standard InChI is InChI=1S/C13H17N3O4/c17-11(15-9-3-4-9)5-6-14-13(20)10-2-1-7-16(10)8-12(18)19/h1-2,7,9H,3-6,8H2,(H,14,20)(H,15,17)(H,18,19). The lowest BCUT2D eigenvalue weighted by Crippen LogP contribution is -2.32. The summed E-state index contributed by atoms with van der Waals surface area (Å²) in [7, 11) is 0. The molecule has 0 spiro atoms. The van der Waals surface area contributed by atoms with Gasteiger partial charge in [0, 0.05) is 25.2 Å². The van der Waals surface area contributed by atoms with Crippen LogP contribution in [0, 0.1) is 0 Å². The Morgan fingerprint density at radius 3 is 2.75 bits per heavy atom. The first-order chi connectivity index (χ1) is 9.56. The Morgan fingerprint density at radius 1 is 1.35 bits per heavy atom. The van der Waals surface area contributed by atoms with Gasteiger partial charge in [-0.05, 0) is 25.0 Å². The van der Waals surface area contributed by atoms with E-state index in [9.17, 15) is 14.4 Å². The molecule has 0 atom stereocenters. The fraction of sp³-hybridized carbons (Fsp3) is 0.462. The number of aliphatic carboxylic acids is 1. The highest BCUT2D eigenvalue weighted by molar-refractivity contribution is 5.93. The van der Waals surface area contributed by atoms with Gasteiger partial charge >= 0.3 is 5.97 Å². The van der Waals surface area contributed by atoms with Crippen LogP contribution in [0.1, 0.15) is 29.8 Å². The number of hydrogen-bond donors (Lipinski definition) is 3. The number of nitrogens with one attached hydrogen (secondary N) is 2. The maximum absolute atomic E-state index is 11.9. The van der Waals surface area contributed by atoms with Crippen LogP contribution in [-0.2, 0) is 16.1 Å². The smallest absolute Gasteiger partial charge is 0.323 e. The lowest BCUT2D eigenvalue weighted by atomic mass is 10.3. The number of carboxylic acids is 1. The first kappa shape index (κ1) is 14.1. The normalized spacial score (nSPS) is 13.8. The van der Waals surface area contributed by atoms with Gasteiger partial charge in [0.1, 0.15) is 12.2 Å². The predicted octanol–water partition coefficient (Wildman–Crippen LogP) is -0.0288. The van der Waals surface area contributed by atoms with Gasteiger partial charge in [-0.25, -0.2) is 0 Å².